The first-order valence-corrected chi connectivity index (χ1v) is 9.60. The fourth-order valence-electron chi connectivity index (χ4n) is 3.35. The van der Waals surface area contributed by atoms with Crippen molar-refractivity contribution in [1.29, 1.82) is 5.41 Å². The number of fused-ring (bicyclic) bond motifs is 4. The monoisotopic (exact) mass is 431 g/mol. The second-order valence-electron chi connectivity index (χ2n) is 6.14. The molecule has 0 aliphatic carbocycles. The number of hydrogen-bond acceptors (Lipinski definition) is 8. The van der Waals surface area contributed by atoms with E-state index in [1.54, 1.807) is 6.92 Å². The van der Waals surface area contributed by atoms with Crippen LogP contribution >= 0.6 is 0 Å². The van der Waals surface area contributed by atoms with E-state index >= 15 is 0 Å². The Balaban J connectivity index is 2.05. The molecule has 0 saturated carbocycles. The maximum Gasteiger partial charge on any atom is 0.418 e. The highest BCUT2D eigenvalue weighted by Crippen LogP contribution is 2.45. The van der Waals surface area contributed by atoms with Crippen LogP contribution in [0.1, 0.15) is 36.7 Å². The van der Waals surface area contributed by atoms with Gasteiger partial charge < -0.3 is 15.3 Å². The molecule has 1 aromatic rings. The number of rotatable bonds is 5. The summed E-state index contributed by atoms with van der Waals surface area (Å²) in [6.45, 7) is 1.86. The summed E-state index contributed by atoms with van der Waals surface area (Å²) in [4.78, 5) is 36.9. The number of nitrogens with one attached hydrogen (secondary N) is 3. The highest BCUT2D eigenvalue weighted by Gasteiger charge is 2.52. The third kappa shape index (κ3) is 3.84. The van der Waals surface area contributed by atoms with E-state index in [0.717, 1.165) is 9.58 Å². The molecular formula is C13H17N7O8S. The molecule has 2 bridgehead atoms. The molecule has 1 saturated heterocycles. The zero-order chi connectivity index (χ0) is 21.5. The number of carbonyl (C=O) groups excluding carboxylic acids is 2. The Hall–Kier alpha value is -3.24. The van der Waals surface area contributed by atoms with E-state index in [0.29, 0.717) is 5.06 Å². The maximum atomic E-state index is 12.7. The lowest BCUT2D eigenvalue weighted by molar-refractivity contribution is -0.0317. The molecule has 1 aromatic heterocycles. The van der Waals surface area contributed by atoms with Crippen LogP contribution in [0.3, 0.4) is 0 Å². The van der Waals surface area contributed by atoms with Gasteiger partial charge in [0.25, 0.3) is 0 Å². The predicted molar refractivity (Wildman–Crippen MR) is 92.3 cm³/mol. The van der Waals surface area contributed by atoms with Gasteiger partial charge in [-0.25, -0.2) is 14.4 Å². The molecule has 1 fully saturated rings. The zero-order valence-corrected chi connectivity index (χ0v) is 15.7. The molecule has 16 heteroatoms. The van der Waals surface area contributed by atoms with Gasteiger partial charge in [0.05, 0.1) is 24.5 Å². The normalized spacial score (nSPS) is 20.4. The van der Waals surface area contributed by atoms with Crippen molar-refractivity contribution < 1.29 is 36.7 Å². The second kappa shape index (κ2) is 7.30. The van der Waals surface area contributed by atoms with Gasteiger partial charge in [0, 0.05) is 18.5 Å². The third-order valence-electron chi connectivity index (χ3n) is 4.32. The number of amidine groups is 1. The summed E-state index contributed by atoms with van der Waals surface area (Å²) in [5.74, 6) is -0.461. The molecule has 2 aliphatic rings. The van der Waals surface area contributed by atoms with Crippen LogP contribution in [0.2, 0.25) is 0 Å². The van der Waals surface area contributed by atoms with Gasteiger partial charge in [-0.05, 0) is 6.92 Å². The zero-order valence-electron chi connectivity index (χ0n) is 14.9. The van der Waals surface area contributed by atoms with Crippen LogP contribution in [0, 0.1) is 5.41 Å². The summed E-state index contributed by atoms with van der Waals surface area (Å²) in [5, 5.41) is 25.4. The highest BCUT2D eigenvalue weighted by molar-refractivity contribution is 7.80. The van der Waals surface area contributed by atoms with E-state index in [1.807, 2.05) is 5.32 Å². The van der Waals surface area contributed by atoms with Gasteiger partial charge in [-0.1, -0.05) is 0 Å². The topological polar surface area (TPSA) is 207 Å². The number of urea groups is 1. The van der Waals surface area contributed by atoms with Gasteiger partial charge in [-0.15, -0.1) is 4.28 Å². The number of nitrogens with zero attached hydrogens (tertiary/aromatic N) is 4. The molecule has 158 valence electrons. The quantitative estimate of drug-likeness (QED) is 0.234. The minimum Gasteiger partial charge on any atom is -0.465 e. The lowest BCUT2D eigenvalue weighted by Crippen LogP contribution is -2.41. The van der Waals surface area contributed by atoms with Crippen molar-refractivity contribution in [3.63, 3.8) is 0 Å². The molecule has 0 spiro atoms. The van der Waals surface area contributed by atoms with Crippen LogP contribution in [0.4, 0.5) is 14.4 Å². The molecular weight excluding hydrogens is 414 g/mol. The van der Waals surface area contributed by atoms with Gasteiger partial charge >= 0.3 is 28.6 Å². The van der Waals surface area contributed by atoms with Crippen molar-refractivity contribution in [3.05, 3.63) is 17.5 Å². The molecule has 2 aliphatic heterocycles. The number of aromatic nitrogens is 2. The average Bonchev–Trinajstić information content (AvgIpc) is 3.13. The molecule has 3 heterocycles. The van der Waals surface area contributed by atoms with Gasteiger partial charge in [-0.2, -0.15) is 23.3 Å². The number of hydrogen-bond donors (Lipinski definition) is 5. The number of amides is 4. The van der Waals surface area contributed by atoms with Crippen molar-refractivity contribution in [1.82, 2.24) is 30.4 Å². The summed E-state index contributed by atoms with van der Waals surface area (Å²) in [6.07, 6.45) is -0.569. The molecule has 29 heavy (non-hydrogen) atoms. The fourth-order valence-corrected chi connectivity index (χ4v) is 3.72. The smallest absolute Gasteiger partial charge is 0.418 e. The Kier molecular flexibility index (Phi) is 5.16. The number of carbonyl (C=O) groups is 3. The average molecular weight is 431 g/mol. The lowest BCUT2D eigenvalue weighted by atomic mass is 9.95. The van der Waals surface area contributed by atoms with E-state index in [9.17, 15) is 22.8 Å². The lowest BCUT2D eigenvalue weighted by Gasteiger charge is -2.31. The van der Waals surface area contributed by atoms with Crippen LogP contribution in [0.15, 0.2) is 6.20 Å². The van der Waals surface area contributed by atoms with Crippen LogP contribution in [0.5, 0.6) is 0 Å². The molecule has 5 N–H and O–H groups in total. The first kappa shape index (κ1) is 20.5. The van der Waals surface area contributed by atoms with Crippen LogP contribution in [-0.4, -0.2) is 74.9 Å². The minimum absolute atomic E-state index is 0.0898. The summed E-state index contributed by atoms with van der Waals surface area (Å²) >= 11 is 0. The standard InChI is InChI=1S/C13H17N7O8S/c1-2-15-11(21)19-10-6(4-16-19)8-5-18(7(10)3-9(14)17-12(22)23)13(24)20(8)28-29(25,26)27/h4,7-8H,2-3,5H2,1H3,(H2,14,17)(H,15,21)(H,22,23)(H,25,26,27). The first-order valence-electron chi connectivity index (χ1n) is 8.23. The van der Waals surface area contributed by atoms with Crippen molar-refractivity contribution in [3.8, 4) is 0 Å². The Bertz CT molecular complexity index is 989. The largest absolute Gasteiger partial charge is 0.465 e. The highest BCUT2D eigenvalue weighted by atomic mass is 32.3. The number of hydroxylamine groups is 2. The minimum atomic E-state index is -5.02. The molecule has 0 aromatic carbocycles. The Morgan fingerprint density at radius 2 is 2.14 bits per heavy atom. The van der Waals surface area contributed by atoms with Gasteiger partial charge in [-0.3, -0.25) is 15.3 Å². The fraction of sp³-hybridized carbons (Fsp3) is 0.462. The van der Waals surface area contributed by atoms with Crippen LogP contribution in [0.25, 0.3) is 0 Å². The SMILES string of the molecule is CCNC(=O)n1ncc2c1C(CC(=N)NC(=O)O)N1CC2N(OS(=O)(=O)O)C1=O. The maximum absolute atomic E-state index is 12.7. The van der Waals surface area contributed by atoms with E-state index < -0.39 is 46.5 Å². The van der Waals surface area contributed by atoms with E-state index in [1.165, 1.54) is 6.20 Å². The molecule has 15 nitrogen and oxygen atoms in total. The Labute approximate surface area is 163 Å². The van der Waals surface area contributed by atoms with E-state index in [2.05, 4.69) is 14.7 Å². The summed E-state index contributed by atoms with van der Waals surface area (Å²) in [7, 11) is -5.02. The molecule has 3 rings (SSSR count). The Morgan fingerprint density at radius 3 is 2.72 bits per heavy atom. The number of carboxylic acid groups (broad SMARTS) is 1. The second-order valence-corrected chi connectivity index (χ2v) is 7.14. The molecule has 2 atom stereocenters. The molecule has 4 amide bonds. The predicted octanol–water partition coefficient (Wildman–Crippen LogP) is -0.337. The van der Waals surface area contributed by atoms with E-state index in [4.69, 9.17) is 15.1 Å². The van der Waals surface area contributed by atoms with Crippen LogP contribution in [-0.2, 0) is 14.7 Å². The van der Waals surface area contributed by atoms with Crippen molar-refractivity contribution in [2.45, 2.75) is 25.4 Å². The summed E-state index contributed by atoms with van der Waals surface area (Å²) in [6, 6.07) is -3.60. The Morgan fingerprint density at radius 1 is 1.45 bits per heavy atom. The van der Waals surface area contributed by atoms with Crippen molar-refractivity contribution >= 4 is 34.4 Å². The van der Waals surface area contributed by atoms with Gasteiger partial charge in [0.15, 0.2) is 0 Å². The van der Waals surface area contributed by atoms with Gasteiger partial charge in [0.2, 0.25) is 0 Å². The van der Waals surface area contributed by atoms with Gasteiger partial charge in [0.1, 0.15) is 11.9 Å². The van der Waals surface area contributed by atoms with Crippen molar-refractivity contribution in [2.24, 2.45) is 0 Å². The first-order chi connectivity index (χ1) is 13.5. The third-order valence-corrected chi connectivity index (χ3v) is 4.67. The van der Waals surface area contributed by atoms with Crippen LogP contribution < -0.4 is 10.6 Å². The molecule has 0 radical (unpaired) electrons. The van der Waals surface area contributed by atoms with E-state index in [-0.39, 0.29) is 30.8 Å². The van der Waals surface area contributed by atoms with Crippen molar-refractivity contribution in [2.75, 3.05) is 13.1 Å². The molecule has 2 unspecified atom stereocenters. The summed E-state index contributed by atoms with van der Waals surface area (Å²) < 4.78 is 36.6. The summed E-state index contributed by atoms with van der Waals surface area (Å²) in [5.41, 5.74) is 0.425.